The maximum atomic E-state index is 13.4. The summed E-state index contributed by atoms with van der Waals surface area (Å²) in [7, 11) is 1.70. The number of benzene rings is 1. The monoisotopic (exact) mass is 835 g/mol. The molecule has 5 rings (SSSR count). The van der Waals surface area contributed by atoms with Gasteiger partial charge in [-0.1, -0.05) is 12.1 Å². The number of anilines is 1. The summed E-state index contributed by atoms with van der Waals surface area (Å²) in [5.41, 5.74) is -0.245. The molecule has 310 valence electrons. The number of nitrogens with zero attached hydrogens (tertiary/aromatic N) is 3. The summed E-state index contributed by atoms with van der Waals surface area (Å²) in [6, 6.07) is 7.17. The average Bonchev–Trinajstić information content (AvgIpc) is 3.53. The molecular weight excluding hydrogens is 789 g/mol. The average molecular weight is 836 g/mol. The molecule has 19 heteroatoms. The molecule has 0 aliphatic carbocycles. The number of esters is 1. The second-order valence-electron chi connectivity index (χ2n) is 14.5. The SMILES string of the molecule is Cc1cnc(NC(=O)C2=C(OC(=O)OCCC(C)(C)OCCOC(C)(C)CCOC3=NC4OC(=O)C=C(CCCC(F)F)C4C(=O)N3)c3ccccc3SN2C)s1. The van der Waals surface area contributed by atoms with Crippen molar-refractivity contribution in [1.29, 1.82) is 0 Å². The Labute approximate surface area is 337 Å². The molecule has 4 heterocycles. The number of amides is 2. The predicted octanol–water partition coefficient (Wildman–Crippen LogP) is 6.60. The molecule has 1 aromatic heterocycles. The summed E-state index contributed by atoms with van der Waals surface area (Å²) in [6.07, 6.45) is -1.09. The third-order valence-corrected chi connectivity index (χ3v) is 10.8. The summed E-state index contributed by atoms with van der Waals surface area (Å²) in [5, 5.41) is 5.76. The first kappa shape index (κ1) is 43.5. The number of aryl methyl sites for hydroxylation is 1. The van der Waals surface area contributed by atoms with Gasteiger partial charge in [-0.3, -0.25) is 20.2 Å². The van der Waals surface area contributed by atoms with E-state index in [-0.39, 0.29) is 63.2 Å². The number of thiazole rings is 1. The maximum Gasteiger partial charge on any atom is 0.513 e. The number of halogens is 2. The van der Waals surface area contributed by atoms with Gasteiger partial charge in [-0.25, -0.2) is 23.4 Å². The number of hydrogen-bond acceptors (Lipinski definition) is 15. The zero-order valence-corrected chi connectivity index (χ0v) is 34.2. The van der Waals surface area contributed by atoms with Crippen molar-refractivity contribution in [2.45, 2.75) is 95.5 Å². The van der Waals surface area contributed by atoms with Crippen LogP contribution in [0.2, 0.25) is 0 Å². The van der Waals surface area contributed by atoms with Crippen molar-refractivity contribution < 1.29 is 56.4 Å². The van der Waals surface area contributed by atoms with Gasteiger partial charge in [-0.05, 0) is 77.1 Å². The number of ether oxygens (including phenoxy) is 6. The van der Waals surface area contributed by atoms with E-state index < -0.39 is 53.7 Å². The first-order valence-corrected chi connectivity index (χ1v) is 19.9. The number of carbonyl (C=O) groups excluding carboxylic acids is 4. The van der Waals surface area contributed by atoms with Gasteiger partial charge in [0, 0.05) is 53.9 Å². The third-order valence-electron chi connectivity index (χ3n) is 8.94. The van der Waals surface area contributed by atoms with Crippen LogP contribution in [0.4, 0.5) is 18.7 Å². The van der Waals surface area contributed by atoms with Gasteiger partial charge in [0.1, 0.15) is 5.92 Å². The van der Waals surface area contributed by atoms with E-state index in [4.69, 9.17) is 28.4 Å². The van der Waals surface area contributed by atoms with E-state index in [1.54, 1.807) is 29.7 Å². The van der Waals surface area contributed by atoms with Crippen molar-refractivity contribution in [3.63, 3.8) is 0 Å². The van der Waals surface area contributed by atoms with Crippen LogP contribution in [0.3, 0.4) is 0 Å². The number of fused-ring (bicyclic) bond motifs is 2. The van der Waals surface area contributed by atoms with E-state index in [0.29, 0.717) is 29.1 Å². The number of aliphatic imine (C=N–C) groups is 1. The third kappa shape index (κ3) is 12.4. The molecule has 0 saturated carbocycles. The van der Waals surface area contributed by atoms with Gasteiger partial charge in [0.2, 0.25) is 18.6 Å². The molecule has 0 radical (unpaired) electrons. The van der Waals surface area contributed by atoms with Gasteiger partial charge >= 0.3 is 12.1 Å². The number of rotatable bonds is 18. The maximum absolute atomic E-state index is 13.4. The van der Waals surface area contributed by atoms with Gasteiger partial charge in [0.05, 0.1) is 37.6 Å². The predicted molar refractivity (Wildman–Crippen MR) is 207 cm³/mol. The van der Waals surface area contributed by atoms with Crippen molar-refractivity contribution in [2.75, 3.05) is 38.8 Å². The fraction of sp³-hybridized carbons (Fsp3) is 0.526. The standard InChI is InChI=1S/C38H47F2N5O10S2/c1-22-21-41-35(56-22)43-32(48)29-30(24-11-7-8-12-25(24)57-45(29)6)55-36(49)51-17-15-38(4,5)53-19-18-52-37(2,3)14-16-50-34-42-31(47)28-23(10-9-13-26(39)40)20-27(46)54-33(28)44-34/h7-8,11-12,20-21,26,28,33H,9-10,13-19H2,1-6H3,(H,41,43,48)(H,42,44,47). The largest absolute Gasteiger partial charge is 0.513 e. The van der Waals surface area contributed by atoms with Crippen molar-refractivity contribution in [2.24, 2.45) is 10.9 Å². The van der Waals surface area contributed by atoms with Crippen molar-refractivity contribution in [1.82, 2.24) is 14.6 Å². The minimum Gasteiger partial charge on any atom is -0.465 e. The topological polar surface area (TPSA) is 176 Å². The molecule has 1 aromatic carbocycles. The van der Waals surface area contributed by atoms with Crippen LogP contribution in [0, 0.1) is 12.8 Å². The fourth-order valence-electron chi connectivity index (χ4n) is 5.92. The smallest absolute Gasteiger partial charge is 0.465 e. The van der Waals surface area contributed by atoms with Crippen molar-refractivity contribution in [3.8, 4) is 0 Å². The Hall–Kier alpha value is -4.59. The van der Waals surface area contributed by atoms with Crippen molar-refractivity contribution >= 4 is 64.1 Å². The molecule has 2 N–H and O–H groups in total. The molecule has 0 bridgehead atoms. The molecule has 0 spiro atoms. The molecule has 3 aliphatic heterocycles. The lowest BCUT2D eigenvalue weighted by atomic mass is 9.89. The number of carbonyl (C=O) groups is 4. The van der Waals surface area contributed by atoms with Gasteiger partial charge < -0.3 is 32.7 Å². The zero-order valence-electron chi connectivity index (χ0n) is 32.6. The number of nitrogens with one attached hydrogen (secondary N) is 2. The van der Waals surface area contributed by atoms with Crippen LogP contribution >= 0.6 is 23.3 Å². The Kier molecular flexibility index (Phi) is 14.7. The Morgan fingerprint density at radius 1 is 1.05 bits per heavy atom. The van der Waals surface area contributed by atoms with E-state index in [1.165, 1.54) is 29.4 Å². The zero-order chi connectivity index (χ0) is 41.3. The second-order valence-corrected chi connectivity index (χ2v) is 16.9. The summed E-state index contributed by atoms with van der Waals surface area (Å²) in [4.78, 5) is 61.4. The van der Waals surface area contributed by atoms with Gasteiger partial charge in [-0.2, -0.15) is 4.99 Å². The number of alkyl halides is 2. The lowest BCUT2D eigenvalue weighted by molar-refractivity contribution is -0.150. The molecular formula is C38H47F2N5O10S2. The van der Waals surface area contributed by atoms with Crippen LogP contribution in [-0.2, 0) is 42.8 Å². The van der Waals surface area contributed by atoms with Crippen LogP contribution in [0.5, 0.6) is 0 Å². The highest BCUT2D eigenvalue weighted by Gasteiger charge is 2.42. The highest BCUT2D eigenvalue weighted by Crippen LogP contribution is 2.41. The normalized spacial score (nSPS) is 18.2. The number of hydrogen-bond donors (Lipinski definition) is 2. The second kappa shape index (κ2) is 19.2. The van der Waals surface area contributed by atoms with E-state index in [1.807, 2.05) is 46.8 Å². The molecule has 2 unspecified atom stereocenters. The van der Waals surface area contributed by atoms with E-state index in [0.717, 1.165) is 9.77 Å². The van der Waals surface area contributed by atoms with Crippen molar-refractivity contribution in [3.05, 3.63) is 58.2 Å². The number of amidine groups is 1. The molecule has 2 aromatic rings. The Bertz CT molecular complexity index is 1900. The summed E-state index contributed by atoms with van der Waals surface area (Å²) in [5.74, 6) is -2.50. The van der Waals surface area contributed by atoms with E-state index >= 15 is 0 Å². The first-order chi connectivity index (χ1) is 27.0. The van der Waals surface area contributed by atoms with Gasteiger partial charge in [0.15, 0.2) is 16.6 Å². The number of likely N-dealkylation sites (N-methyl/N-ethyl adjacent to an activating group) is 1. The molecule has 0 saturated heterocycles. The molecule has 2 atom stereocenters. The van der Waals surface area contributed by atoms with Crippen LogP contribution in [-0.4, -0.2) is 96.6 Å². The van der Waals surface area contributed by atoms with Gasteiger partial charge in [-0.15, -0.1) is 11.3 Å². The van der Waals surface area contributed by atoms with Gasteiger partial charge in [0.25, 0.3) is 11.9 Å². The Morgan fingerprint density at radius 3 is 2.44 bits per heavy atom. The molecule has 15 nitrogen and oxygen atoms in total. The molecule has 2 amide bonds. The van der Waals surface area contributed by atoms with Crippen LogP contribution < -0.4 is 10.6 Å². The van der Waals surface area contributed by atoms with Crippen LogP contribution in [0.25, 0.3) is 5.76 Å². The highest BCUT2D eigenvalue weighted by atomic mass is 32.2. The van der Waals surface area contributed by atoms with Crippen LogP contribution in [0.1, 0.15) is 70.2 Å². The minimum absolute atomic E-state index is 0.0213. The summed E-state index contributed by atoms with van der Waals surface area (Å²) in [6.45, 7) is 9.88. The quantitative estimate of drug-likeness (QED) is 0.0935. The first-order valence-electron chi connectivity index (χ1n) is 18.3. The lowest BCUT2D eigenvalue weighted by Crippen LogP contribution is -2.50. The fourth-order valence-corrected chi connectivity index (χ4v) is 7.53. The Morgan fingerprint density at radius 2 is 1.75 bits per heavy atom. The molecule has 0 fully saturated rings. The summed E-state index contributed by atoms with van der Waals surface area (Å²) >= 11 is 2.65. The van der Waals surface area contributed by atoms with E-state index in [9.17, 15) is 28.0 Å². The lowest BCUT2D eigenvalue weighted by Gasteiger charge is -2.33. The van der Waals surface area contributed by atoms with E-state index in [2.05, 4.69) is 20.6 Å². The minimum atomic E-state index is -2.47. The van der Waals surface area contributed by atoms with Crippen LogP contribution in [0.15, 0.2) is 57.7 Å². The molecule has 3 aliphatic rings. The Balaban J connectivity index is 1.04. The number of aromatic nitrogens is 1. The summed E-state index contributed by atoms with van der Waals surface area (Å²) < 4.78 is 60.9. The highest BCUT2D eigenvalue weighted by molar-refractivity contribution is 7.97. The molecule has 57 heavy (non-hydrogen) atoms.